The molecule has 1 aromatic heterocycles. The van der Waals surface area contributed by atoms with E-state index in [0.717, 1.165) is 43.8 Å². The maximum absolute atomic E-state index is 8.71. The van der Waals surface area contributed by atoms with Crippen molar-refractivity contribution in [3.63, 3.8) is 0 Å². The van der Waals surface area contributed by atoms with Crippen molar-refractivity contribution >= 4 is 5.82 Å². The predicted molar refractivity (Wildman–Crippen MR) is 62.1 cm³/mol. The van der Waals surface area contributed by atoms with Crippen LogP contribution in [0.15, 0.2) is 18.3 Å². The molecule has 0 saturated carbocycles. The van der Waals surface area contributed by atoms with Gasteiger partial charge in [0.05, 0.1) is 5.56 Å². The highest BCUT2D eigenvalue weighted by Crippen LogP contribution is 2.29. The lowest BCUT2D eigenvalue weighted by molar-refractivity contribution is -0.00000352. The number of rotatable bonds is 1. The summed E-state index contributed by atoms with van der Waals surface area (Å²) in [7, 11) is 0. The zero-order chi connectivity index (χ0) is 11.0. The predicted octanol–water partition coefficient (Wildman–Crippen LogP) is -2.27. The molecule has 90 valence electrons. The van der Waals surface area contributed by atoms with Gasteiger partial charge in [-0.05, 0) is 24.0 Å². The van der Waals surface area contributed by atoms with E-state index in [2.05, 4.69) is 21.3 Å². The summed E-state index contributed by atoms with van der Waals surface area (Å²) in [6.45, 7) is 4.46. The van der Waals surface area contributed by atoms with Gasteiger partial charge >= 0.3 is 1.43 Å². The van der Waals surface area contributed by atoms with Crippen molar-refractivity contribution in [2.75, 3.05) is 31.1 Å². The Kier molecular flexibility index (Phi) is 3.51. The Bertz CT molecular complexity index is 419. The van der Waals surface area contributed by atoms with Crippen LogP contribution in [-0.4, -0.2) is 31.2 Å². The first-order valence-electron chi connectivity index (χ1n) is 5.68. The van der Waals surface area contributed by atoms with Crippen LogP contribution >= 0.6 is 0 Å². The van der Waals surface area contributed by atoms with E-state index in [4.69, 9.17) is 5.26 Å². The van der Waals surface area contributed by atoms with E-state index >= 15 is 0 Å². The summed E-state index contributed by atoms with van der Waals surface area (Å²) in [5.41, 5.74) is 0.629. The fraction of sp³-hybridized carbons (Fsp3) is 0.500. The lowest BCUT2D eigenvalue weighted by Crippen LogP contribution is -3.00. The molecule has 0 aromatic carbocycles. The molecule has 0 spiro atoms. The van der Waals surface area contributed by atoms with E-state index in [0.29, 0.717) is 5.56 Å². The molecule has 2 atom stereocenters. The SMILES string of the molecule is N#Cc1ccc(N2CC3CNCC3C2)nc1.[Cl-].[H+]. The number of nitrogens with zero attached hydrogens (tertiary/aromatic N) is 3. The van der Waals surface area contributed by atoms with Gasteiger partial charge in [0.25, 0.3) is 0 Å². The number of aromatic nitrogens is 1. The molecule has 0 aliphatic carbocycles. The van der Waals surface area contributed by atoms with Crippen LogP contribution in [0.5, 0.6) is 0 Å². The first-order valence-corrected chi connectivity index (χ1v) is 5.68. The zero-order valence-electron chi connectivity index (χ0n) is 10.4. The van der Waals surface area contributed by atoms with Crippen LogP contribution < -0.4 is 22.6 Å². The molecule has 0 radical (unpaired) electrons. The second kappa shape index (κ2) is 4.91. The smallest absolute Gasteiger partial charge is 1.00 e. The third kappa shape index (κ3) is 2.21. The van der Waals surface area contributed by atoms with Crippen molar-refractivity contribution in [1.29, 1.82) is 5.26 Å². The summed E-state index contributed by atoms with van der Waals surface area (Å²) in [4.78, 5) is 6.67. The molecular formula is C12H15ClN4. The molecule has 1 N–H and O–H groups in total. The summed E-state index contributed by atoms with van der Waals surface area (Å²) < 4.78 is 0. The van der Waals surface area contributed by atoms with E-state index in [9.17, 15) is 0 Å². The standard InChI is InChI=1S/C12H14N4.ClH/c13-3-9-1-2-12(15-4-9)16-7-10-5-14-6-11(10)8-16;/h1-2,4,10-11,14H,5-8H2;1H. The van der Waals surface area contributed by atoms with Crippen LogP contribution in [0.4, 0.5) is 5.82 Å². The van der Waals surface area contributed by atoms with Crippen molar-refractivity contribution in [2.45, 2.75) is 0 Å². The molecule has 0 bridgehead atoms. The minimum atomic E-state index is 0. The van der Waals surface area contributed by atoms with Crippen LogP contribution in [0.1, 0.15) is 6.99 Å². The van der Waals surface area contributed by atoms with E-state index in [1.165, 1.54) is 0 Å². The molecule has 0 amide bonds. The molecule has 4 nitrogen and oxygen atoms in total. The van der Waals surface area contributed by atoms with E-state index < -0.39 is 0 Å². The number of pyridine rings is 1. The van der Waals surface area contributed by atoms with Gasteiger partial charge in [0.15, 0.2) is 0 Å². The summed E-state index contributed by atoms with van der Waals surface area (Å²) in [6, 6.07) is 5.89. The van der Waals surface area contributed by atoms with Crippen LogP contribution in [0.2, 0.25) is 0 Å². The first kappa shape index (κ1) is 12.2. The number of fused-ring (bicyclic) bond motifs is 1. The third-order valence-electron chi connectivity index (χ3n) is 3.59. The highest BCUT2D eigenvalue weighted by atomic mass is 35.5. The second-order valence-corrected chi connectivity index (χ2v) is 4.60. The molecule has 2 aliphatic rings. The molecular weight excluding hydrogens is 236 g/mol. The number of hydrogen-bond acceptors (Lipinski definition) is 4. The average molecular weight is 251 g/mol. The molecule has 3 rings (SSSR count). The van der Waals surface area contributed by atoms with Crippen LogP contribution in [-0.2, 0) is 0 Å². The quantitative estimate of drug-likeness (QED) is 0.611. The Morgan fingerprint density at radius 3 is 2.59 bits per heavy atom. The minimum absolute atomic E-state index is 0. The van der Waals surface area contributed by atoms with Gasteiger partial charge in [-0.25, -0.2) is 4.98 Å². The topological polar surface area (TPSA) is 52.0 Å². The maximum atomic E-state index is 8.71. The molecule has 2 saturated heterocycles. The minimum Gasteiger partial charge on any atom is -1.00 e. The van der Waals surface area contributed by atoms with Gasteiger partial charge in [-0.2, -0.15) is 5.26 Å². The van der Waals surface area contributed by atoms with Crippen molar-refractivity contribution in [3.05, 3.63) is 23.9 Å². The van der Waals surface area contributed by atoms with Crippen molar-refractivity contribution in [1.82, 2.24) is 10.3 Å². The highest BCUT2D eigenvalue weighted by Gasteiger charge is 2.36. The van der Waals surface area contributed by atoms with Gasteiger partial charge in [0.2, 0.25) is 0 Å². The van der Waals surface area contributed by atoms with Crippen LogP contribution in [0.3, 0.4) is 0 Å². The third-order valence-corrected chi connectivity index (χ3v) is 3.59. The van der Waals surface area contributed by atoms with Crippen LogP contribution in [0, 0.1) is 23.2 Å². The lowest BCUT2D eigenvalue weighted by Gasteiger charge is -2.18. The van der Waals surface area contributed by atoms with Crippen molar-refractivity contribution in [2.24, 2.45) is 11.8 Å². The number of halogens is 1. The molecule has 5 heteroatoms. The number of hydrogen-bond donors (Lipinski definition) is 1. The van der Waals surface area contributed by atoms with E-state index in [1.54, 1.807) is 6.20 Å². The fourth-order valence-corrected chi connectivity index (χ4v) is 2.68. The van der Waals surface area contributed by atoms with Gasteiger partial charge in [-0.1, -0.05) is 0 Å². The number of anilines is 1. The van der Waals surface area contributed by atoms with Crippen molar-refractivity contribution < 1.29 is 13.8 Å². The highest BCUT2D eigenvalue weighted by molar-refractivity contribution is 5.43. The maximum Gasteiger partial charge on any atom is 1.00 e. The Balaban J connectivity index is 0.000000810. The number of nitrogens with one attached hydrogen (secondary N) is 1. The van der Waals surface area contributed by atoms with Crippen molar-refractivity contribution in [3.8, 4) is 6.07 Å². The Morgan fingerprint density at radius 2 is 2.06 bits per heavy atom. The average Bonchev–Trinajstić information content (AvgIpc) is 2.89. The molecule has 2 unspecified atom stereocenters. The van der Waals surface area contributed by atoms with Gasteiger partial charge < -0.3 is 22.6 Å². The number of nitriles is 1. The Hall–Kier alpha value is -1.31. The molecule has 1 aromatic rings. The van der Waals surface area contributed by atoms with Gasteiger partial charge in [-0.15, -0.1) is 0 Å². The Morgan fingerprint density at radius 1 is 1.35 bits per heavy atom. The molecule has 17 heavy (non-hydrogen) atoms. The monoisotopic (exact) mass is 250 g/mol. The normalized spacial score (nSPS) is 26.2. The summed E-state index contributed by atoms with van der Waals surface area (Å²) in [6.07, 6.45) is 1.65. The molecule has 2 fully saturated rings. The fourth-order valence-electron chi connectivity index (χ4n) is 2.68. The first-order chi connectivity index (χ1) is 7.86. The van der Waals surface area contributed by atoms with Gasteiger partial charge in [0, 0.05) is 32.4 Å². The zero-order valence-corrected chi connectivity index (χ0v) is 10.2. The molecule has 3 heterocycles. The van der Waals surface area contributed by atoms with E-state index in [-0.39, 0.29) is 13.8 Å². The summed E-state index contributed by atoms with van der Waals surface area (Å²) >= 11 is 0. The Labute approximate surface area is 109 Å². The summed E-state index contributed by atoms with van der Waals surface area (Å²) in [5, 5.41) is 12.1. The van der Waals surface area contributed by atoms with Gasteiger partial charge in [0.1, 0.15) is 11.9 Å². The lowest BCUT2D eigenvalue weighted by atomic mass is 10.0. The van der Waals surface area contributed by atoms with Crippen LogP contribution in [0.25, 0.3) is 0 Å². The molecule has 2 aliphatic heterocycles. The summed E-state index contributed by atoms with van der Waals surface area (Å²) in [5.74, 6) is 2.56. The van der Waals surface area contributed by atoms with Gasteiger partial charge in [-0.3, -0.25) is 0 Å². The largest absolute Gasteiger partial charge is 1.00 e. The van der Waals surface area contributed by atoms with E-state index in [1.807, 2.05) is 12.1 Å². The second-order valence-electron chi connectivity index (χ2n) is 4.60.